The molecule has 1 saturated heterocycles. The number of hydrogen-bond acceptors (Lipinski definition) is 10. The summed E-state index contributed by atoms with van der Waals surface area (Å²) in [5.74, 6) is -2.95. The minimum Gasteiger partial charge on any atom is -0.394 e. The van der Waals surface area contributed by atoms with Crippen LogP contribution in [-0.4, -0.2) is 106 Å². The molecule has 1 heterocycles. The fourth-order valence-corrected chi connectivity index (χ4v) is 3.80. The van der Waals surface area contributed by atoms with Gasteiger partial charge in [0.1, 0.15) is 42.5 Å². The quantitative estimate of drug-likeness (QED) is 0.130. The minimum absolute atomic E-state index is 0.0975. The van der Waals surface area contributed by atoms with E-state index < -0.39 is 85.2 Å². The first kappa shape index (κ1) is 31.1. The van der Waals surface area contributed by atoms with E-state index in [4.69, 9.17) is 15.2 Å². The standard InChI is InChI=1S/C24H36N4O10/c1-11(21(25)34)26-23(36)17(12(2)37-24-20(33)19(32)18(31)16(10-29)38-24)28-22(35)15(27-13(3)30)9-14-7-5-4-6-8-14/h4-8,11-12,15-20,24,29,31-33H,9-10H2,1-3H3,(H2,25,34)(H,26,36)(H,27,30)(H,28,35)/t11-,12+,15-,16+,17-,18-,19-,20+,24+/m0/s1. The van der Waals surface area contributed by atoms with Crippen LogP contribution in [-0.2, 0) is 35.1 Å². The third-order valence-electron chi connectivity index (χ3n) is 6.01. The summed E-state index contributed by atoms with van der Waals surface area (Å²) >= 11 is 0. The van der Waals surface area contributed by atoms with Gasteiger partial charge in [0.15, 0.2) is 6.29 Å². The van der Waals surface area contributed by atoms with Crippen molar-refractivity contribution in [3.63, 3.8) is 0 Å². The lowest BCUT2D eigenvalue weighted by Crippen LogP contribution is -2.63. The van der Waals surface area contributed by atoms with Crippen LogP contribution in [0.25, 0.3) is 0 Å². The number of carbonyl (C=O) groups excluding carboxylic acids is 4. The van der Waals surface area contributed by atoms with E-state index in [1.54, 1.807) is 30.3 Å². The molecule has 2 rings (SSSR count). The molecule has 0 saturated carbocycles. The van der Waals surface area contributed by atoms with Crippen LogP contribution in [0.2, 0.25) is 0 Å². The Morgan fingerprint density at radius 2 is 1.61 bits per heavy atom. The Balaban J connectivity index is 2.27. The summed E-state index contributed by atoms with van der Waals surface area (Å²) in [7, 11) is 0. The van der Waals surface area contributed by atoms with E-state index in [1.807, 2.05) is 0 Å². The van der Waals surface area contributed by atoms with Crippen LogP contribution in [0.1, 0.15) is 26.3 Å². The number of aliphatic hydroxyl groups excluding tert-OH is 4. The van der Waals surface area contributed by atoms with Crippen LogP contribution >= 0.6 is 0 Å². The van der Waals surface area contributed by atoms with Gasteiger partial charge in [0.2, 0.25) is 23.6 Å². The van der Waals surface area contributed by atoms with Gasteiger partial charge in [-0.1, -0.05) is 30.3 Å². The molecule has 1 aliphatic heterocycles. The molecule has 0 unspecified atom stereocenters. The lowest BCUT2D eigenvalue weighted by atomic mass is 9.99. The highest BCUT2D eigenvalue weighted by molar-refractivity contribution is 5.94. The number of primary amides is 1. The third kappa shape index (κ3) is 8.44. The molecular formula is C24H36N4O10. The second-order valence-corrected chi connectivity index (χ2v) is 9.10. The molecule has 1 aromatic carbocycles. The van der Waals surface area contributed by atoms with E-state index in [9.17, 15) is 39.6 Å². The summed E-state index contributed by atoms with van der Waals surface area (Å²) in [6.07, 6.45) is -9.14. The predicted octanol–water partition coefficient (Wildman–Crippen LogP) is -3.59. The van der Waals surface area contributed by atoms with E-state index in [1.165, 1.54) is 20.8 Å². The monoisotopic (exact) mass is 540 g/mol. The zero-order valence-corrected chi connectivity index (χ0v) is 21.3. The Morgan fingerprint density at radius 3 is 2.16 bits per heavy atom. The van der Waals surface area contributed by atoms with Crippen molar-refractivity contribution in [3.8, 4) is 0 Å². The molecule has 14 heteroatoms. The van der Waals surface area contributed by atoms with Gasteiger partial charge in [-0.15, -0.1) is 0 Å². The van der Waals surface area contributed by atoms with Gasteiger partial charge in [-0.2, -0.15) is 0 Å². The zero-order valence-electron chi connectivity index (χ0n) is 21.3. The van der Waals surface area contributed by atoms with Gasteiger partial charge in [0, 0.05) is 13.3 Å². The van der Waals surface area contributed by atoms with Gasteiger partial charge in [0.05, 0.1) is 12.7 Å². The van der Waals surface area contributed by atoms with E-state index in [0.29, 0.717) is 0 Å². The largest absolute Gasteiger partial charge is 0.394 e. The molecule has 0 aliphatic carbocycles. The van der Waals surface area contributed by atoms with Gasteiger partial charge < -0.3 is 51.6 Å². The van der Waals surface area contributed by atoms with Gasteiger partial charge in [0.25, 0.3) is 0 Å². The summed E-state index contributed by atoms with van der Waals surface area (Å²) in [4.78, 5) is 49.6. The highest BCUT2D eigenvalue weighted by Gasteiger charge is 2.45. The maximum absolute atomic E-state index is 13.2. The van der Waals surface area contributed by atoms with Crippen molar-refractivity contribution in [2.24, 2.45) is 5.73 Å². The lowest BCUT2D eigenvalue weighted by molar-refractivity contribution is -0.311. The number of nitrogens with two attached hydrogens (primary N) is 1. The molecule has 1 aliphatic rings. The summed E-state index contributed by atoms with van der Waals surface area (Å²) in [5.41, 5.74) is 5.96. The first-order valence-electron chi connectivity index (χ1n) is 12.0. The average Bonchev–Trinajstić information content (AvgIpc) is 2.87. The summed E-state index contributed by atoms with van der Waals surface area (Å²) in [6, 6.07) is 5.12. The third-order valence-corrected chi connectivity index (χ3v) is 6.01. The number of hydrogen-bond donors (Lipinski definition) is 8. The van der Waals surface area contributed by atoms with Crippen molar-refractivity contribution in [1.29, 1.82) is 0 Å². The van der Waals surface area contributed by atoms with Crippen LogP contribution in [0.4, 0.5) is 0 Å². The molecular weight excluding hydrogens is 504 g/mol. The highest BCUT2D eigenvalue weighted by atomic mass is 16.7. The number of rotatable bonds is 12. The number of benzene rings is 1. The first-order chi connectivity index (χ1) is 17.8. The van der Waals surface area contributed by atoms with Crippen LogP contribution < -0.4 is 21.7 Å². The van der Waals surface area contributed by atoms with Crippen molar-refractivity contribution in [3.05, 3.63) is 35.9 Å². The number of ether oxygens (including phenoxy) is 2. The number of amides is 4. The summed E-state index contributed by atoms with van der Waals surface area (Å²) in [6.45, 7) is 3.21. The fraction of sp³-hybridized carbons (Fsp3) is 0.583. The molecule has 0 spiro atoms. The topological polar surface area (TPSA) is 230 Å². The van der Waals surface area contributed by atoms with Crippen molar-refractivity contribution >= 4 is 23.6 Å². The van der Waals surface area contributed by atoms with Crippen molar-refractivity contribution < 1.29 is 49.1 Å². The smallest absolute Gasteiger partial charge is 0.245 e. The molecule has 4 amide bonds. The Labute approximate surface area is 219 Å². The lowest BCUT2D eigenvalue weighted by Gasteiger charge is -2.41. The Bertz CT molecular complexity index is 963. The highest BCUT2D eigenvalue weighted by Crippen LogP contribution is 2.23. The molecule has 38 heavy (non-hydrogen) atoms. The maximum Gasteiger partial charge on any atom is 0.245 e. The number of aliphatic hydroxyl groups is 4. The van der Waals surface area contributed by atoms with Gasteiger partial charge in [-0.3, -0.25) is 19.2 Å². The molecule has 0 bridgehead atoms. The normalized spacial score (nSPS) is 26.3. The molecule has 212 valence electrons. The Morgan fingerprint density at radius 1 is 0.974 bits per heavy atom. The summed E-state index contributed by atoms with van der Waals surface area (Å²) in [5, 5.41) is 47.1. The predicted molar refractivity (Wildman–Crippen MR) is 131 cm³/mol. The second-order valence-electron chi connectivity index (χ2n) is 9.10. The first-order valence-corrected chi connectivity index (χ1v) is 12.0. The molecule has 1 aromatic rings. The van der Waals surface area contributed by atoms with E-state index in [0.717, 1.165) is 5.56 Å². The van der Waals surface area contributed by atoms with Crippen molar-refractivity contribution in [2.45, 2.75) is 82.1 Å². The van der Waals surface area contributed by atoms with Crippen LogP contribution in [0.5, 0.6) is 0 Å². The molecule has 14 nitrogen and oxygen atoms in total. The molecule has 9 atom stereocenters. The van der Waals surface area contributed by atoms with E-state index >= 15 is 0 Å². The number of carbonyl (C=O) groups is 4. The molecule has 9 N–H and O–H groups in total. The SMILES string of the molecule is CC(=O)N[C@@H](Cc1ccccc1)C(=O)N[C@H](C(=O)N[C@@H](C)C(N)=O)[C@@H](C)O[C@@H]1O[C@H](CO)[C@H](O)[C@H](O)[C@H]1O. The second kappa shape index (κ2) is 14.1. The molecule has 1 fully saturated rings. The van der Waals surface area contributed by atoms with Crippen molar-refractivity contribution in [2.75, 3.05) is 6.61 Å². The minimum atomic E-state index is -1.76. The number of nitrogens with one attached hydrogen (secondary N) is 3. The van der Waals surface area contributed by atoms with E-state index in [2.05, 4.69) is 16.0 Å². The molecule has 0 radical (unpaired) electrons. The Hall–Kier alpha value is -3.14. The molecule has 0 aromatic heterocycles. The maximum atomic E-state index is 13.2. The van der Waals surface area contributed by atoms with Gasteiger partial charge in [-0.05, 0) is 19.4 Å². The van der Waals surface area contributed by atoms with Crippen LogP contribution in [0.15, 0.2) is 30.3 Å². The summed E-state index contributed by atoms with van der Waals surface area (Å²) < 4.78 is 11.0. The zero-order chi connectivity index (χ0) is 28.6. The van der Waals surface area contributed by atoms with E-state index in [-0.39, 0.29) is 6.42 Å². The average molecular weight is 541 g/mol. The van der Waals surface area contributed by atoms with Crippen LogP contribution in [0, 0.1) is 0 Å². The van der Waals surface area contributed by atoms with Gasteiger partial charge in [-0.25, -0.2) is 0 Å². The van der Waals surface area contributed by atoms with Gasteiger partial charge >= 0.3 is 0 Å². The van der Waals surface area contributed by atoms with Crippen molar-refractivity contribution in [1.82, 2.24) is 16.0 Å². The van der Waals surface area contributed by atoms with Crippen LogP contribution in [0.3, 0.4) is 0 Å². The Kier molecular flexibility index (Phi) is 11.6. The fourth-order valence-electron chi connectivity index (χ4n) is 3.80.